The van der Waals surface area contributed by atoms with Crippen molar-refractivity contribution in [3.63, 3.8) is 0 Å². The molecule has 1 aliphatic heterocycles. The second-order valence-electron chi connectivity index (χ2n) is 4.10. The van der Waals surface area contributed by atoms with E-state index in [1.807, 2.05) is 0 Å². The van der Waals surface area contributed by atoms with Crippen LogP contribution in [0.2, 0.25) is 0 Å². The lowest BCUT2D eigenvalue weighted by atomic mass is 9.79. The van der Waals surface area contributed by atoms with E-state index in [1.54, 1.807) is 6.92 Å². The van der Waals surface area contributed by atoms with Crippen LogP contribution < -0.4 is 0 Å². The van der Waals surface area contributed by atoms with Crippen LogP contribution in [0, 0.1) is 5.41 Å². The first kappa shape index (κ1) is 12.4. The summed E-state index contributed by atoms with van der Waals surface area (Å²) >= 11 is 0. The summed E-state index contributed by atoms with van der Waals surface area (Å²) in [7, 11) is -3.13. The van der Waals surface area contributed by atoms with Crippen molar-refractivity contribution >= 4 is 15.8 Å². The van der Waals surface area contributed by atoms with Crippen molar-refractivity contribution in [2.24, 2.45) is 5.41 Å². The molecule has 0 aromatic heterocycles. The van der Waals surface area contributed by atoms with Gasteiger partial charge in [-0.1, -0.05) is 0 Å². The Labute approximate surface area is 89.3 Å². The number of carboxylic acids is 1. The minimum Gasteiger partial charge on any atom is -0.481 e. The monoisotopic (exact) mass is 236 g/mol. The smallest absolute Gasteiger partial charge is 0.312 e. The molecule has 5 nitrogen and oxygen atoms in total. The number of hydrogen-bond donors (Lipinski definition) is 1. The molecule has 1 aliphatic rings. The maximum Gasteiger partial charge on any atom is 0.312 e. The first-order valence-corrected chi connectivity index (χ1v) is 6.87. The Balaban J connectivity index is 2.80. The van der Waals surface area contributed by atoms with E-state index in [0.717, 1.165) is 6.26 Å². The summed E-state index contributed by atoms with van der Waals surface area (Å²) in [5, 5.41) is 9.16. The second kappa shape index (κ2) is 4.09. The van der Waals surface area contributed by atoms with Crippen LogP contribution in [0.5, 0.6) is 0 Å². The standard InChI is InChI=1S/C9H16O5S/c1-7-9(8(10)11,3-5-14-7)4-6-15(2,12)13/h7H,3-6H2,1-2H3,(H,10,11). The van der Waals surface area contributed by atoms with Crippen molar-refractivity contribution in [3.8, 4) is 0 Å². The molecule has 0 aromatic carbocycles. The topological polar surface area (TPSA) is 80.7 Å². The molecule has 6 heteroatoms. The molecule has 1 heterocycles. The number of aliphatic carboxylic acids is 1. The van der Waals surface area contributed by atoms with Crippen LogP contribution >= 0.6 is 0 Å². The van der Waals surface area contributed by atoms with Gasteiger partial charge in [0.15, 0.2) is 0 Å². The SMILES string of the molecule is CC1OCCC1(CCS(C)(=O)=O)C(=O)O. The third-order valence-electron chi connectivity index (χ3n) is 3.04. The molecule has 1 fully saturated rings. The molecular weight excluding hydrogens is 220 g/mol. The maximum absolute atomic E-state index is 11.2. The van der Waals surface area contributed by atoms with Gasteiger partial charge in [-0.25, -0.2) is 8.42 Å². The van der Waals surface area contributed by atoms with Gasteiger partial charge in [0.1, 0.15) is 9.84 Å². The summed E-state index contributed by atoms with van der Waals surface area (Å²) in [4.78, 5) is 11.2. The highest BCUT2D eigenvalue weighted by Crippen LogP contribution is 2.38. The van der Waals surface area contributed by atoms with Crippen molar-refractivity contribution < 1.29 is 23.1 Å². The van der Waals surface area contributed by atoms with Gasteiger partial charge in [-0.2, -0.15) is 0 Å². The lowest BCUT2D eigenvalue weighted by Gasteiger charge is -2.26. The molecule has 0 radical (unpaired) electrons. The minimum absolute atomic E-state index is 0.104. The fourth-order valence-electron chi connectivity index (χ4n) is 1.86. The maximum atomic E-state index is 11.2. The molecule has 2 unspecified atom stereocenters. The van der Waals surface area contributed by atoms with Crippen molar-refractivity contribution in [1.82, 2.24) is 0 Å². The molecule has 1 rings (SSSR count). The fraction of sp³-hybridized carbons (Fsp3) is 0.889. The first-order valence-electron chi connectivity index (χ1n) is 4.81. The fourth-order valence-corrected chi connectivity index (χ4v) is 2.60. The van der Waals surface area contributed by atoms with Gasteiger partial charge in [-0.3, -0.25) is 4.79 Å². The van der Waals surface area contributed by atoms with Crippen LogP contribution in [-0.2, 0) is 19.4 Å². The first-order chi connectivity index (χ1) is 6.78. The van der Waals surface area contributed by atoms with E-state index >= 15 is 0 Å². The molecule has 0 bridgehead atoms. The average Bonchev–Trinajstić information content (AvgIpc) is 2.43. The zero-order chi connectivity index (χ0) is 11.7. The molecule has 1 N–H and O–H groups in total. The van der Waals surface area contributed by atoms with E-state index in [4.69, 9.17) is 9.84 Å². The molecule has 88 valence electrons. The van der Waals surface area contributed by atoms with E-state index in [1.165, 1.54) is 0 Å². The Hall–Kier alpha value is -0.620. The zero-order valence-corrected chi connectivity index (χ0v) is 9.71. The predicted molar refractivity (Wildman–Crippen MR) is 54.4 cm³/mol. The Morgan fingerprint density at radius 3 is 2.53 bits per heavy atom. The summed E-state index contributed by atoms with van der Waals surface area (Å²) in [6.45, 7) is 2.07. The summed E-state index contributed by atoms with van der Waals surface area (Å²) in [5.74, 6) is -1.07. The normalized spacial score (nSPS) is 31.7. The highest BCUT2D eigenvalue weighted by molar-refractivity contribution is 7.90. The van der Waals surface area contributed by atoms with E-state index in [-0.39, 0.29) is 12.2 Å². The van der Waals surface area contributed by atoms with Crippen LogP contribution in [-0.4, -0.2) is 44.2 Å². The van der Waals surface area contributed by atoms with Gasteiger partial charge in [0, 0.05) is 12.9 Å². The Bertz CT molecular complexity index is 348. The van der Waals surface area contributed by atoms with E-state index < -0.39 is 27.3 Å². The molecule has 0 spiro atoms. The molecule has 0 amide bonds. The van der Waals surface area contributed by atoms with Gasteiger partial charge in [0.05, 0.1) is 17.3 Å². The van der Waals surface area contributed by atoms with Crippen LogP contribution in [0.1, 0.15) is 19.8 Å². The molecule has 0 aliphatic carbocycles. The van der Waals surface area contributed by atoms with Crippen LogP contribution in [0.15, 0.2) is 0 Å². The van der Waals surface area contributed by atoms with Gasteiger partial charge in [0.2, 0.25) is 0 Å². The summed E-state index contributed by atoms with van der Waals surface area (Å²) in [5.41, 5.74) is -1.02. The molecule has 15 heavy (non-hydrogen) atoms. The van der Waals surface area contributed by atoms with Crippen LogP contribution in [0.4, 0.5) is 0 Å². The molecule has 2 atom stereocenters. The Kier molecular flexibility index (Phi) is 3.40. The summed E-state index contributed by atoms with van der Waals surface area (Å²) in [6.07, 6.45) is 1.21. The van der Waals surface area contributed by atoms with Gasteiger partial charge in [-0.05, 0) is 19.8 Å². The van der Waals surface area contributed by atoms with Crippen molar-refractivity contribution in [2.45, 2.75) is 25.9 Å². The molecule has 1 saturated heterocycles. The van der Waals surface area contributed by atoms with E-state index in [9.17, 15) is 13.2 Å². The van der Waals surface area contributed by atoms with E-state index in [2.05, 4.69) is 0 Å². The van der Waals surface area contributed by atoms with Gasteiger partial charge in [0.25, 0.3) is 0 Å². The molecule has 0 saturated carbocycles. The van der Waals surface area contributed by atoms with Crippen LogP contribution in [0.25, 0.3) is 0 Å². The van der Waals surface area contributed by atoms with Crippen molar-refractivity contribution in [2.75, 3.05) is 18.6 Å². The second-order valence-corrected chi connectivity index (χ2v) is 6.36. The van der Waals surface area contributed by atoms with Crippen LogP contribution in [0.3, 0.4) is 0 Å². The third kappa shape index (κ3) is 2.69. The number of sulfone groups is 1. The average molecular weight is 236 g/mol. The van der Waals surface area contributed by atoms with Gasteiger partial charge in [-0.15, -0.1) is 0 Å². The Morgan fingerprint density at radius 1 is 1.60 bits per heavy atom. The van der Waals surface area contributed by atoms with E-state index in [0.29, 0.717) is 13.0 Å². The minimum atomic E-state index is -3.13. The zero-order valence-electron chi connectivity index (χ0n) is 8.89. The lowest BCUT2D eigenvalue weighted by Crippen LogP contribution is -2.39. The number of rotatable bonds is 4. The molecular formula is C9H16O5S. The number of ether oxygens (including phenoxy) is 1. The quantitative estimate of drug-likeness (QED) is 0.759. The third-order valence-corrected chi connectivity index (χ3v) is 3.98. The van der Waals surface area contributed by atoms with Crippen molar-refractivity contribution in [1.29, 1.82) is 0 Å². The highest BCUT2D eigenvalue weighted by Gasteiger charge is 2.48. The summed E-state index contributed by atoms with van der Waals surface area (Å²) in [6, 6.07) is 0. The lowest BCUT2D eigenvalue weighted by molar-refractivity contribution is -0.152. The largest absolute Gasteiger partial charge is 0.481 e. The molecule has 0 aromatic rings. The van der Waals surface area contributed by atoms with Gasteiger partial charge < -0.3 is 9.84 Å². The van der Waals surface area contributed by atoms with Crippen molar-refractivity contribution in [3.05, 3.63) is 0 Å². The highest BCUT2D eigenvalue weighted by atomic mass is 32.2. The number of carbonyl (C=O) groups is 1. The number of hydrogen-bond acceptors (Lipinski definition) is 4. The number of carboxylic acid groups (broad SMARTS) is 1. The Morgan fingerprint density at radius 2 is 2.20 bits per heavy atom. The summed E-state index contributed by atoms with van der Waals surface area (Å²) < 4.78 is 27.3. The predicted octanol–water partition coefficient (Wildman–Crippen LogP) is 0.301. The van der Waals surface area contributed by atoms with Gasteiger partial charge >= 0.3 is 5.97 Å².